The van der Waals surface area contributed by atoms with Gasteiger partial charge in [-0.2, -0.15) is 0 Å². The molecular formula is C5H2Cl2N4. The molecule has 56 valence electrons. The zero-order valence-electron chi connectivity index (χ0n) is 5.20. The third-order valence-electron chi connectivity index (χ3n) is 0.893. The molecule has 4 nitrogen and oxygen atoms in total. The van der Waals surface area contributed by atoms with Gasteiger partial charge < -0.3 is 0 Å². The predicted octanol–water partition coefficient (Wildman–Crippen LogP) is 3.33. The molecule has 1 aromatic rings. The molecule has 6 heteroatoms. The summed E-state index contributed by atoms with van der Waals surface area (Å²) in [7, 11) is 0. The highest BCUT2D eigenvalue weighted by molar-refractivity contribution is 6.34. The van der Waals surface area contributed by atoms with Crippen molar-refractivity contribution in [3.63, 3.8) is 0 Å². The van der Waals surface area contributed by atoms with Crippen LogP contribution in [-0.2, 0) is 0 Å². The molecular weight excluding hydrogens is 187 g/mol. The van der Waals surface area contributed by atoms with Gasteiger partial charge in [-0.05, 0) is 22.8 Å². The van der Waals surface area contributed by atoms with Crippen molar-refractivity contribution in [2.24, 2.45) is 5.11 Å². The Morgan fingerprint density at radius 1 is 1.45 bits per heavy atom. The zero-order valence-corrected chi connectivity index (χ0v) is 6.71. The minimum Gasteiger partial charge on any atom is -0.234 e. The predicted molar refractivity (Wildman–Crippen MR) is 43.1 cm³/mol. The highest BCUT2D eigenvalue weighted by atomic mass is 35.5. The number of halogens is 2. The quantitative estimate of drug-likeness (QED) is 0.289. The topological polar surface area (TPSA) is 61.7 Å². The summed E-state index contributed by atoms with van der Waals surface area (Å²) in [6, 6.07) is 2.88. The van der Waals surface area contributed by atoms with Crippen LogP contribution in [0.25, 0.3) is 10.4 Å². The van der Waals surface area contributed by atoms with E-state index < -0.39 is 0 Å². The molecule has 0 saturated heterocycles. The van der Waals surface area contributed by atoms with Gasteiger partial charge in [0.2, 0.25) is 0 Å². The number of nitrogens with zero attached hydrogens (tertiary/aromatic N) is 4. The van der Waals surface area contributed by atoms with Gasteiger partial charge >= 0.3 is 0 Å². The van der Waals surface area contributed by atoms with Gasteiger partial charge in [0.25, 0.3) is 0 Å². The molecule has 0 N–H and O–H groups in total. The molecule has 11 heavy (non-hydrogen) atoms. The fourth-order valence-electron chi connectivity index (χ4n) is 0.550. The molecule has 0 bridgehead atoms. The Labute approximate surface area is 72.4 Å². The second-order valence-corrected chi connectivity index (χ2v) is 2.48. The van der Waals surface area contributed by atoms with E-state index >= 15 is 0 Å². The first kappa shape index (κ1) is 8.14. The number of pyridine rings is 1. The lowest BCUT2D eigenvalue weighted by molar-refractivity contribution is 1.26. The second-order valence-electron chi connectivity index (χ2n) is 1.66. The maximum Gasteiger partial charge on any atom is 0.131 e. The largest absolute Gasteiger partial charge is 0.234 e. The Morgan fingerprint density at radius 2 is 2.18 bits per heavy atom. The van der Waals surface area contributed by atoms with E-state index in [2.05, 4.69) is 15.0 Å². The van der Waals surface area contributed by atoms with Crippen molar-refractivity contribution in [3.05, 3.63) is 32.8 Å². The van der Waals surface area contributed by atoms with E-state index in [1.54, 1.807) is 0 Å². The van der Waals surface area contributed by atoms with Crippen LogP contribution in [0, 0.1) is 0 Å². The first-order valence-electron chi connectivity index (χ1n) is 2.60. The van der Waals surface area contributed by atoms with E-state index in [1.807, 2.05) is 0 Å². The van der Waals surface area contributed by atoms with Crippen LogP contribution in [0.4, 0.5) is 5.82 Å². The third kappa shape index (κ3) is 2.27. The maximum absolute atomic E-state index is 8.03. The second kappa shape index (κ2) is 3.44. The standard InChI is InChI=1S/C5H2Cl2N4/c6-3-1-4(7)9-5(2-3)10-11-8/h1-2H. The molecule has 0 aliphatic heterocycles. The van der Waals surface area contributed by atoms with Crippen LogP contribution in [-0.4, -0.2) is 4.98 Å². The van der Waals surface area contributed by atoms with Gasteiger partial charge in [0.15, 0.2) is 0 Å². The first-order valence-corrected chi connectivity index (χ1v) is 3.36. The average molecular weight is 189 g/mol. The molecule has 0 aliphatic rings. The van der Waals surface area contributed by atoms with Gasteiger partial charge in [-0.1, -0.05) is 23.2 Å². The van der Waals surface area contributed by atoms with Crippen molar-refractivity contribution >= 4 is 29.0 Å². The van der Waals surface area contributed by atoms with Gasteiger partial charge in [-0.25, -0.2) is 4.98 Å². The van der Waals surface area contributed by atoms with Crippen LogP contribution in [0.3, 0.4) is 0 Å². The van der Waals surface area contributed by atoms with Crippen LogP contribution >= 0.6 is 23.2 Å². The third-order valence-corrected chi connectivity index (χ3v) is 1.30. The van der Waals surface area contributed by atoms with Crippen molar-refractivity contribution in [3.8, 4) is 0 Å². The number of hydrogen-bond donors (Lipinski definition) is 0. The molecule has 1 aromatic heterocycles. The molecule has 0 unspecified atom stereocenters. The lowest BCUT2D eigenvalue weighted by Gasteiger charge is -1.92. The number of aromatic nitrogens is 1. The van der Waals surface area contributed by atoms with Crippen LogP contribution in [0.15, 0.2) is 17.2 Å². The van der Waals surface area contributed by atoms with Crippen LogP contribution in [0.1, 0.15) is 0 Å². The van der Waals surface area contributed by atoms with Crippen molar-refractivity contribution in [2.75, 3.05) is 0 Å². The van der Waals surface area contributed by atoms with E-state index in [4.69, 9.17) is 28.7 Å². The Morgan fingerprint density at radius 3 is 2.73 bits per heavy atom. The Hall–Kier alpha value is -0.960. The van der Waals surface area contributed by atoms with E-state index in [0.717, 1.165) is 0 Å². The van der Waals surface area contributed by atoms with Gasteiger partial charge in [0.05, 0.1) is 0 Å². The van der Waals surface area contributed by atoms with Crippen LogP contribution in [0.5, 0.6) is 0 Å². The van der Waals surface area contributed by atoms with Crippen molar-refractivity contribution in [1.82, 2.24) is 4.98 Å². The molecule has 1 rings (SSSR count). The van der Waals surface area contributed by atoms with Gasteiger partial charge in [-0.15, -0.1) is 0 Å². The van der Waals surface area contributed by atoms with Gasteiger partial charge in [-0.3, -0.25) is 0 Å². The summed E-state index contributed by atoms with van der Waals surface area (Å²) in [4.78, 5) is 6.22. The van der Waals surface area contributed by atoms with E-state index in [9.17, 15) is 0 Å². The zero-order chi connectivity index (χ0) is 8.27. The van der Waals surface area contributed by atoms with Crippen LogP contribution in [0.2, 0.25) is 10.2 Å². The van der Waals surface area contributed by atoms with Gasteiger partial charge in [0, 0.05) is 9.93 Å². The normalized spacial score (nSPS) is 8.91. The lowest BCUT2D eigenvalue weighted by atomic mass is 10.5. The molecule has 0 saturated carbocycles. The maximum atomic E-state index is 8.03. The molecule has 1 heterocycles. The smallest absolute Gasteiger partial charge is 0.131 e. The fourth-order valence-corrected chi connectivity index (χ4v) is 1.01. The number of rotatable bonds is 1. The molecule has 0 spiro atoms. The Kier molecular flexibility index (Phi) is 2.54. The van der Waals surface area contributed by atoms with Crippen molar-refractivity contribution < 1.29 is 0 Å². The monoisotopic (exact) mass is 188 g/mol. The first-order chi connectivity index (χ1) is 5.22. The summed E-state index contributed by atoms with van der Waals surface area (Å²) in [5.74, 6) is 0.171. The molecule has 0 radical (unpaired) electrons. The highest BCUT2D eigenvalue weighted by Gasteiger charge is 1.95. The van der Waals surface area contributed by atoms with Crippen LogP contribution < -0.4 is 0 Å². The summed E-state index contributed by atoms with van der Waals surface area (Å²) >= 11 is 11.1. The Balaban J connectivity index is 3.18. The molecule has 0 atom stereocenters. The lowest BCUT2D eigenvalue weighted by Crippen LogP contribution is -1.74. The van der Waals surface area contributed by atoms with E-state index in [-0.39, 0.29) is 11.0 Å². The molecule has 0 fully saturated rings. The molecule has 0 aromatic carbocycles. The number of azide groups is 1. The van der Waals surface area contributed by atoms with Crippen molar-refractivity contribution in [1.29, 1.82) is 0 Å². The summed E-state index contributed by atoms with van der Waals surface area (Å²) in [6.07, 6.45) is 0. The van der Waals surface area contributed by atoms with Gasteiger partial charge in [0.1, 0.15) is 11.0 Å². The SMILES string of the molecule is [N-]=[N+]=Nc1cc(Cl)cc(Cl)n1. The highest BCUT2D eigenvalue weighted by Crippen LogP contribution is 2.20. The molecule has 0 aliphatic carbocycles. The minimum atomic E-state index is 0.171. The van der Waals surface area contributed by atoms with E-state index in [0.29, 0.717) is 5.02 Å². The minimum absolute atomic E-state index is 0.171. The Bertz CT molecular complexity index is 298. The number of hydrogen-bond acceptors (Lipinski definition) is 2. The average Bonchev–Trinajstić information content (AvgIpc) is 1.85. The summed E-state index contributed by atoms with van der Waals surface area (Å²) in [5.41, 5.74) is 8.03. The van der Waals surface area contributed by atoms with E-state index in [1.165, 1.54) is 12.1 Å². The summed E-state index contributed by atoms with van der Waals surface area (Å²) < 4.78 is 0. The summed E-state index contributed by atoms with van der Waals surface area (Å²) in [6.45, 7) is 0. The fraction of sp³-hybridized carbons (Fsp3) is 0. The summed E-state index contributed by atoms with van der Waals surface area (Å²) in [5, 5.41) is 3.83. The van der Waals surface area contributed by atoms with Crippen molar-refractivity contribution in [2.45, 2.75) is 0 Å². The molecule has 0 amide bonds.